The molecule has 1 heterocycles. The van der Waals surface area contributed by atoms with Crippen LogP contribution in [0.4, 0.5) is 0 Å². The molecule has 2 rings (SSSR count). The average molecular weight is 275 g/mol. The molecule has 0 saturated carbocycles. The molecule has 0 aliphatic carbocycles. The molecule has 1 aliphatic rings. The highest BCUT2D eigenvalue weighted by Gasteiger charge is 2.52. The monoisotopic (exact) mass is 275 g/mol. The molecule has 0 radical (unpaired) electrons. The summed E-state index contributed by atoms with van der Waals surface area (Å²) in [5, 5.41) is 0. The fraction of sp³-hybridized carbons (Fsp3) is 0.533. The van der Waals surface area contributed by atoms with Gasteiger partial charge in [0.25, 0.3) is 0 Å². The van der Waals surface area contributed by atoms with Gasteiger partial charge in [0.05, 0.1) is 17.6 Å². The summed E-state index contributed by atoms with van der Waals surface area (Å²) in [6.07, 6.45) is 0.194. The highest BCUT2D eigenvalue weighted by Crippen LogP contribution is 2.36. The molecule has 1 amide bonds. The Balaban J connectivity index is 2.38. The van der Waals surface area contributed by atoms with Crippen LogP contribution in [0.2, 0.25) is 0 Å². The van der Waals surface area contributed by atoms with Gasteiger partial charge in [0.2, 0.25) is 5.91 Å². The van der Waals surface area contributed by atoms with E-state index in [0.717, 1.165) is 16.6 Å². The molecule has 20 heavy (non-hydrogen) atoms. The number of carbonyl (C=O) groups excluding carboxylic acids is 1. The zero-order valence-electron chi connectivity index (χ0n) is 12.8. The molecule has 0 unspecified atom stereocenters. The lowest BCUT2D eigenvalue weighted by Gasteiger charge is -2.32. The van der Waals surface area contributed by atoms with E-state index in [1.165, 1.54) is 0 Å². The second-order valence-electron chi connectivity index (χ2n) is 6.43. The Bertz CT molecular complexity index is 524. The Kier molecular flexibility index (Phi) is 3.69. The standard InChI is InChI=1S/C15H22BNO3/c1-10-6-7-11(9-13(17)18)12(8-10)16-19-14(2,3)15(4,5)20-16/h6-8H,9H2,1-5H3,(H2,17,18). The zero-order chi connectivity index (χ0) is 15.1. The van der Waals surface area contributed by atoms with Gasteiger partial charge in [-0.3, -0.25) is 4.79 Å². The van der Waals surface area contributed by atoms with E-state index in [1.807, 2.05) is 52.8 Å². The van der Waals surface area contributed by atoms with Crippen LogP contribution in [-0.4, -0.2) is 24.2 Å². The molecule has 108 valence electrons. The van der Waals surface area contributed by atoms with E-state index in [9.17, 15) is 4.79 Å². The van der Waals surface area contributed by atoms with Crippen molar-refractivity contribution in [3.05, 3.63) is 29.3 Å². The molecule has 0 atom stereocenters. The van der Waals surface area contributed by atoms with Gasteiger partial charge in [-0.2, -0.15) is 0 Å². The fourth-order valence-electron chi connectivity index (χ4n) is 2.25. The maximum absolute atomic E-state index is 11.2. The van der Waals surface area contributed by atoms with Crippen LogP contribution < -0.4 is 11.2 Å². The number of hydrogen-bond acceptors (Lipinski definition) is 3. The molecule has 5 heteroatoms. The number of aryl methyl sites for hydroxylation is 1. The summed E-state index contributed by atoms with van der Waals surface area (Å²) >= 11 is 0. The minimum Gasteiger partial charge on any atom is -0.399 e. The number of primary amides is 1. The van der Waals surface area contributed by atoms with Gasteiger partial charge in [0.1, 0.15) is 0 Å². The lowest BCUT2D eigenvalue weighted by Crippen LogP contribution is -2.41. The van der Waals surface area contributed by atoms with Crippen molar-refractivity contribution in [1.29, 1.82) is 0 Å². The van der Waals surface area contributed by atoms with Crippen LogP contribution in [0.25, 0.3) is 0 Å². The second kappa shape index (κ2) is 4.90. The van der Waals surface area contributed by atoms with E-state index < -0.39 is 18.3 Å². The van der Waals surface area contributed by atoms with E-state index in [2.05, 4.69) is 0 Å². The normalized spacial score (nSPS) is 20.1. The van der Waals surface area contributed by atoms with Crippen LogP contribution in [0.15, 0.2) is 18.2 Å². The molecule has 1 aliphatic heterocycles. The Morgan fingerprint density at radius 3 is 2.25 bits per heavy atom. The second-order valence-corrected chi connectivity index (χ2v) is 6.43. The first-order valence-corrected chi connectivity index (χ1v) is 6.86. The van der Waals surface area contributed by atoms with Crippen LogP contribution in [0.5, 0.6) is 0 Å². The van der Waals surface area contributed by atoms with E-state index in [0.29, 0.717) is 0 Å². The first-order chi connectivity index (χ1) is 9.12. The minimum absolute atomic E-state index is 0.194. The Labute approximate surface area is 120 Å². The maximum atomic E-state index is 11.2. The predicted molar refractivity (Wildman–Crippen MR) is 79.8 cm³/mol. The summed E-state index contributed by atoms with van der Waals surface area (Å²) in [5.41, 5.74) is 7.37. The summed E-state index contributed by atoms with van der Waals surface area (Å²) in [6.45, 7) is 10.0. The lowest BCUT2D eigenvalue weighted by atomic mass is 9.74. The summed E-state index contributed by atoms with van der Waals surface area (Å²) in [6, 6.07) is 5.88. The van der Waals surface area contributed by atoms with Crippen LogP contribution in [0.1, 0.15) is 38.8 Å². The number of rotatable bonds is 3. The van der Waals surface area contributed by atoms with Crippen molar-refractivity contribution in [2.75, 3.05) is 0 Å². The fourth-order valence-corrected chi connectivity index (χ4v) is 2.25. The SMILES string of the molecule is Cc1ccc(CC(N)=O)c(B2OC(C)(C)C(C)(C)O2)c1. The van der Waals surface area contributed by atoms with Gasteiger partial charge < -0.3 is 15.0 Å². The van der Waals surface area contributed by atoms with E-state index >= 15 is 0 Å². The van der Waals surface area contributed by atoms with Gasteiger partial charge in [0, 0.05) is 0 Å². The number of carbonyl (C=O) groups is 1. The van der Waals surface area contributed by atoms with Crippen LogP contribution in [0.3, 0.4) is 0 Å². The molecule has 2 N–H and O–H groups in total. The highest BCUT2D eigenvalue weighted by molar-refractivity contribution is 6.62. The number of benzene rings is 1. The van der Waals surface area contributed by atoms with Crippen molar-refractivity contribution in [2.24, 2.45) is 5.73 Å². The third kappa shape index (κ3) is 2.74. The maximum Gasteiger partial charge on any atom is 0.495 e. The van der Waals surface area contributed by atoms with E-state index in [-0.39, 0.29) is 12.3 Å². The van der Waals surface area contributed by atoms with Gasteiger partial charge in [-0.05, 0) is 45.6 Å². The van der Waals surface area contributed by atoms with Crippen LogP contribution in [0, 0.1) is 6.92 Å². The molecular weight excluding hydrogens is 253 g/mol. The topological polar surface area (TPSA) is 61.6 Å². The molecule has 0 bridgehead atoms. The quantitative estimate of drug-likeness (QED) is 0.846. The number of amides is 1. The van der Waals surface area contributed by atoms with Crippen molar-refractivity contribution in [3.8, 4) is 0 Å². The zero-order valence-corrected chi connectivity index (χ0v) is 12.8. The summed E-state index contributed by atoms with van der Waals surface area (Å²) in [7, 11) is -0.464. The highest BCUT2D eigenvalue weighted by atomic mass is 16.7. The van der Waals surface area contributed by atoms with Crippen molar-refractivity contribution < 1.29 is 14.1 Å². The van der Waals surface area contributed by atoms with Crippen molar-refractivity contribution in [1.82, 2.24) is 0 Å². The van der Waals surface area contributed by atoms with E-state index in [1.54, 1.807) is 0 Å². The minimum atomic E-state index is -0.464. The smallest absolute Gasteiger partial charge is 0.399 e. The third-order valence-electron chi connectivity index (χ3n) is 4.17. The Hall–Kier alpha value is -1.33. The molecule has 1 aromatic carbocycles. The van der Waals surface area contributed by atoms with Gasteiger partial charge in [-0.15, -0.1) is 0 Å². The summed E-state index contributed by atoms with van der Waals surface area (Å²) in [5.74, 6) is -0.355. The molecule has 1 fully saturated rings. The first kappa shape index (κ1) is 15.1. The molecule has 1 aromatic rings. The van der Waals surface area contributed by atoms with Gasteiger partial charge >= 0.3 is 7.12 Å². The summed E-state index contributed by atoms with van der Waals surface area (Å²) < 4.78 is 12.1. The predicted octanol–water partition coefficient (Wildman–Crippen LogP) is 1.32. The van der Waals surface area contributed by atoms with Gasteiger partial charge in [-0.25, -0.2) is 0 Å². The Morgan fingerprint density at radius 1 is 1.20 bits per heavy atom. The van der Waals surface area contributed by atoms with Gasteiger partial charge in [0.15, 0.2) is 0 Å². The average Bonchev–Trinajstić information content (AvgIpc) is 2.50. The third-order valence-corrected chi connectivity index (χ3v) is 4.17. The molecule has 1 saturated heterocycles. The molecular formula is C15H22BNO3. The van der Waals surface area contributed by atoms with Crippen LogP contribution >= 0.6 is 0 Å². The van der Waals surface area contributed by atoms with E-state index in [4.69, 9.17) is 15.0 Å². The lowest BCUT2D eigenvalue weighted by molar-refractivity contribution is -0.117. The Morgan fingerprint density at radius 2 is 1.75 bits per heavy atom. The van der Waals surface area contributed by atoms with Crippen molar-refractivity contribution in [3.63, 3.8) is 0 Å². The first-order valence-electron chi connectivity index (χ1n) is 6.86. The largest absolute Gasteiger partial charge is 0.495 e. The number of nitrogens with two attached hydrogens (primary N) is 1. The van der Waals surface area contributed by atoms with Gasteiger partial charge in [-0.1, -0.05) is 23.8 Å². The molecule has 0 spiro atoms. The molecule has 0 aromatic heterocycles. The van der Waals surface area contributed by atoms with Crippen molar-refractivity contribution >= 4 is 18.5 Å². The summed E-state index contributed by atoms with van der Waals surface area (Å²) in [4.78, 5) is 11.2. The number of hydrogen-bond donors (Lipinski definition) is 1. The van der Waals surface area contributed by atoms with Crippen molar-refractivity contribution in [2.45, 2.75) is 52.2 Å². The van der Waals surface area contributed by atoms with Crippen LogP contribution in [-0.2, 0) is 20.5 Å². The molecule has 4 nitrogen and oxygen atoms in total.